The van der Waals surface area contributed by atoms with Crippen LogP contribution in [0.5, 0.6) is 0 Å². The maximum absolute atomic E-state index is 13.2. The molecule has 3 aromatic rings. The third kappa shape index (κ3) is 3.63. The van der Waals surface area contributed by atoms with E-state index in [-0.39, 0.29) is 17.8 Å². The standard InChI is InChI=1S/C22H22FN3O/c1-15(17-7-6-16-4-2-3-5-18(16)12-17)25-22(27)21-13-24-14-26(21)20-10-8-19(23)9-11-20/h6-15H,2-5H2,1H3,(H,25,27). The Labute approximate surface area is 158 Å². The first kappa shape index (κ1) is 17.5. The average molecular weight is 363 g/mol. The van der Waals surface area contributed by atoms with Gasteiger partial charge in [0.1, 0.15) is 11.5 Å². The fraction of sp³-hybridized carbons (Fsp3) is 0.273. The molecule has 1 aliphatic carbocycles. The second kappa shape index (κ2) is 7.35. The molecule has 0 bridgehead atoms. The molecule has 0 saturated heterocycles. The Balaban J connectivity index is 1.53. The minimum atomic E-state index is -0.314. The van der Waals surface area contributed by atoms with Crippen molar-refractivity contribution < 1.29 is 9.18 Å². The van der Waals surface area contributed by atoms with E-state index in [1.807, 2.05) is 6.92 Å². The number of benzene rings is 2. The summed E-state index contributed by atoms with van der Waals surface area (Å²) in [6.07, 6.45) is 7.83. The van der Waals surface area contributed by atoms with Crippen molar-refractivity contribution in [2.24, 2.45) is 0 Å². The van der Waals surface area contributed by atoms with Gasteiger partial charge < -0.3 is 5.32 Å². The lowest BCUT2D eigenvalue weighted by Crippen LogP contribution is -2.28. The van der Waals surface area contributed by atoms with Crippen molar-refractivity contribution in [2.75, 3.05) is 0 Å². The number of carbonyl (C=O) groups excluding carboxylic acids is 1. The van der Waals surface area contributed by atoms with E-state index in [1.54, 1.807) is 23.0 Å². The maximum Gasteiger partial charge on any atom is 0.270 e. The highest BCUT2D eigenvalue weighted by Crippen LogP contribution is 2.25. The summed E-state index contributed by atoms with van der Waals surface area (Å²) >= 11 is 0. The number of amides is 1. The van der Waals surface area contributed by atoms with Crippen molar-refractivity contribution in [2.45, 2.75) is 38.6 Å². The highest BCUT2D eigenvalue weighted by atomic mass is 19.1. The second-order valence-corrected chi connectivity index (χ2v) is 7.06. The minimum absolute atomic E-state index is 0.110. The van der Waals surface area contributed by atoms with Gasteiger partial charge in [-0.3, -0.25) is 9.36 Å². The summed E-state index contributed by atoms with van der Waals surface area (Å²) in [6.45, 7) is 1.99. The number of nitrogens with one attached hydrogen (secondary N) is 1. The lowest BCUT2D eigenvalue weighted by atomic mass is 9.89. The third-order valence-electron chi connectivity index (χ3n) is 5.20. The van der Waals surface area contributed by atoms with Gasteiger partial charge in [-0.15, -0.1) is 0 Å². The highest BCUT2D eigenvalue weighted by molar-refractivity contribution is 5.93. The molecule has 1 atom stereocenters. The van der Waals surface area contributed by atoms with Crippen molar-refractivity contribution >= 4 is 5.91 Å². The first-order valence-corrected chi connectivity index (χ1v) is 9.32. The first-order chi connectivity index (χ1) is 13.1. The molecule has 1 unspecified atom stereocenters. The molecule has 1 amide bonds. The molecule has 1 heterocycles. The molecule has 4 nitrogen and oxygen atoms in total. The zero-order chi connectivity index (χ0) is 18.8. The van der Waals surface area contributed by atoms with Crippen LogP contribution in [0.1, 0.15) is 53.0 Å². The smallest absolute Gasteiger partial charge is 0.270 e. The molecule has 0 fully saturated rings. The number of fused-ring (bicyclic) bond motifs is 1. The van der Waals surface area contributed by atoms with Gasteiger partial charge >= 0.3 is 0 Å². The fourth-order valence-electron chi connectivity index (χ4n) is 3.65. The van der Waals surface area contributed by atoms with Crippen LogP contribution in [0, 0.1) is 5.82 Å². The molecule has 5 heteroatoms. The number of nitrogens with zero attached hydrogens (tertiary/aromatic N) is 2. The van der Waals surface area contributed by atoms with Crippen LogP contribution in [0.2, 0.25) is 0 Å². The zero-order valence-corrected chi connectivity index (χ0v) is 15.3. The lowest BCUT2D eigenvalue weighted by Gasteiger charge is -2.20. The summed E-state index contributed by atoms with van der Waals surface area (Å²) in [6, 6.07) is 12.4. The van der Waals surface area contributed by atoms with Gasteiger partial charge in [-0.05, 0) is 73.6 Å². The van der Waals surface area contributed by atoms with Crippen LogP contribution in [-0.4, -0.2) is 15.5 Å². The van der Waals surface area contributed by atoms with Gasteiger partial charge in [-0.25, -0.2) is 9.37 Å². The number of hydrogen-bond acceptors (Lipinski definition) is 2. The van der Waals surface area contributed by atoms with Gasteiger partial charge in [0.15, 0.2) is 0 Å². The third-order valence-corrected chi connectivity index (χ3v) is 5.20. The molecule has 1 aliphatic rings. The largest absolute Gasteiger partial charge is 0.344 e. The number of rotatable bonds is 4. The summed E-state index contributed by atoms with van der Waals surface area (Å²) in [5.41, 5.74) is 5.05. The van der Waals surface area contributed by atoms with Crippen LogP contribution in [-0.2, 0) is 12.8 Å². The number of aryl methyl sites for hydroxylation is 2. The van der Waals surface area contributed by atoms with E-state index in [1.165, 1.54) is 42.3 Å². The number of hydrogen-bond donors (Lipinski definition) is 1. The van der Waals surface area contributed by atoms with Gasteiger partial charge in [-0.2, -0.15) is 0 Å². The second-order valence-electron chi connectivity index (χ2n) is 7.06. The Morgan fingerprint density at radius 2 is 1.85 bits per heavy atom. The van der Waals surface area contributed by atoms with E-state index in [0.717, 1.165) is 18.4 Å². The summed E-state index contributed by atoms with van der Waals surface area (Å²) < 4.78 is 14.8. The van der Waals surface area contributed by atoms with E-state index in [2.05, 4.69) is 28.5 Å². The summed E-state index contributed by atoms with van der Waals surface area (Å²) in [5, 5.41) is 3.05. The number of imidazole rings is 1. The molecule has 1 N–H and O–H groups in total. The SMILES string of the molecule is CC(NC(=O)c1cncn1-c1ccc(F)cc1)c1ccc2c(c1)CCCC2. The van der Waals surface area contributed by atoms with Crippen molar-refractivity contribution in [1.29, 1.82) is 0 Å². The van der Waals surface area contributed by atoms with Crippen LogP contribution >= 0.6 is 0 Å². The highest BCUT2D eigenvalue weighted by Gasteiger charge is 2.18. The van der Waals surface area contributed by atoms with E-state index >= 15 is 0 Å². The van der Waals surface area contributed by atoms with Crippen molar-refractivity contribution in [3.05, 3.63) is 83.2 Å². The Kier molecular flexibility index (Phi) is 4.75. The van der Waals surface area contributed by atoms with Crippen LogP contribution in [0.25, 0.3) is 5.69 Å². The number of halogens is 1. The lowest BCUT2D eigenvalue weighted by molar-refractivity contribution is 0.0933. The Morgan fingerprint density at radius 3 is 2.63 bits per heavy atom. The Morgan fingerprint density at radius 1 is 1.11 bits per heavy atom. The monoisotopic (exact) mass is 363 g/mol. The van der Waals surface area contributed by atoms with Gasteiger partial charge in [-0.1, -0.05) is 18.2 Å². The number of carbonyl (C=O) groups is 1. The molecule has 2 aromatic carbocycles. The normalized spacial score (nSPS) is 14.4. The topological polar surface area (TPSA) is 46.9 Å². The molecule has 4 rings (SSSR count). The molecule has 138 valence electrons. The average Bonchev–Trinajstić information content (AvgIpc) is 3.18. The minimum Gasteiger partial charge on any atom is -0.344 e. The van der Waals surface area contributed by atoms with Gasteiger partial charge in [0.25, 0.3) is 5.91 Å². The molecule has 1 aromatic heterocycles. The maximum atomic E-state index is 13.2. The van der Waals surface area contributed by atoms with Crippen LogP contribution in [0.3, 0.4) is 0 Å². The van der Waals surface area contributed by atoms with Crippen LogP contribution in [0.4, 0.5) is 4.39 Å². The summed E-state index contributed by atoms with van der Waals surface area (Å²) in [4.78, 5) is 16.9. The quantitative estimate of drug-likeness (QED) is 0.748. The molecule has 27 heavy (non-hydrogen) atoms. The number of aromatic nitrogens is 2. The molecule has 0 saturated carbocycles. The predicted molar refractivity (Wildman–Crippen MR) is 102 cm³/mol. The van der Waals surface area contributed by atoms with Gasteiger partial charge in [0, 0.05) is 5.69 Å². The van der Waals surface area contributed by atoms with E-state index in [0.29, 0.717) is 11.4 Å². The molecule has 0 spiro atoms. The molecule has 0 aliphatic heterocycles. The molecule has 0 radical (unpaired) electrons. The molecular formula is C22H22FN3O. The summed E-state index contributed by atoms with van der Waals surface area (Å²) in [5.74, 6) is -0.520. The van der Waals surface area contributed by atoms with Crippen LogP contribution in [0.15, 0.2) is 55.0 Å². The van der Waals surface area contributed by atoms with E-state index in [9.17, 15) is 9.18 Å². The predicted octanol–water partition coefficient (Wildman–Crippen LogP) is 4.38. The summed E-state index contributed by atoms with van der Waals surface area (Å²) in [7, 11) is 0. The van der Waals surface area contributed by atoms with Crippen molar-refractivity contribution in [3.8, 4) is 5.69 Å². The van der Waals surface area contributed by atoms with Crippen molar-refractivity contribution in [1.82, 2.24) is 14.9 Å². The van der Waals surface area contributed by atoms with E-state index in [4.69, 9.17) is 0 Å². The van der Waals surface area contributed by atoms with Gasteiger partial charge in [0.05, 0.1) is 18.6 Å². The molecular weight excluding hydrogens is 341 g/mol. The van der Waals surface area contributed by atoms with Gasteiger partial charge in [0.2, 0.25) is 0 Å². The Bertz CT molecular complexity index is 962. The zero-order valence-electron chi connectivity index (χ0n) is 15.3. The fourth-order valence-corrected chi connectivity index (χ4v) is 3.65. The van der Waals surface area contributed by atoms with Crippen molar-refractivity contribution in [3.63, 3.8) is 0 Å². The van der Waals surface area contributed by atoms with E-state index < -0.39 is 0 Å². The Hall–Kier alpha value is -2.95. The van der Waals surface area contributed by atoms with Crippen LogP contribution < -0.4 is 5.32 Å². The first-order valence-electron chi connectivity index (χ1n) is 9.32.